The van der Waals surface area contributed by atoms with E-state index in [9.17, 15) is 9.59 Å². The van der Waals surface area contributed by atoms with Crippen molar-refractivity contribution >= 4 is 17.5 Å². The Labute approximate surface area is 126 Å². The van der Waals surface area contributed by atoms with E-state index < -0.39 is 0 Å². The van der Waals surface area contributed by atoms with Crippen LogP contribution in [0.25, 0.3) is 0 Å². The van der Waals surface area contributed by atoms with Crippen molar-refractivity contribution in [2.45, 2.75) is 39.0 Å². The van der Waals surface area contributed by atoms with Crippen molar-refractivity contribution in [1.29, 1.82) is 0 Å². The van der Waals surface area contributed by atoms with Gasteiger partial charge >= 0.3 is 0 Å². The molecule has 0 radical (unpaired) electrons. The molecule has 0 aliphatic heterocycles. The lowest BCUT2D eigenvalue weighted by atomic mass is 10.1. The van der Waals surface area contributed by atoms with Gasteiger partial charge in [0.15, 0.2) is 0 Å². The molecule has 0 heterocycles. The molecule has 0 atom stereocenters. The zero-order valence-electron chi connectivity index (χ0n) is 12.9. The number of rotatable bonds is 8. The monoisotopic (exact) mass is 291 g/mol. The first-order valence-electron chi connectivity index (χ1n) is 7.41. The van der Waals surface area contributed by atoms with Crippen LogP contribution in [0.4, 0.5) is 5.69 Å². The predicted molar refractivity (Wildman–Crippen MR) is 85.3 cm³/mol. The molecule has 2 amide bonds. The summed E-state index contributed by atoms with van der Waals surface area (Å²) in [5.41, 5.74) is 7.66. The van der Waals surface area contributed by atoms with Crippen LogP contribution in [0.15, 0.2) is 18.2 Å². The zero-order valence-corrected chi connectivity index (χ0v) is 12.9. The van der Waals surface area contributed by atoms with Gasteiger partial charge in [0.1, 0.15) is 0 Å². The summed E-state index contributed by atoms with van der Waals surface area (Å²) in [5, 5.41) is 5.47. The van der Waals surface area contributed by atoms with E-state index in [1.54, 1.807) is 25.2 Å². The van der Waals surface area contributed by atoms with Crippen molar-refractivity contribution in [2.24, 2.45) is 5.73 Å². The largest absolute Gasteiger partial charge is 0.355 e. The number of anilines is 1. The SMILES string of the molecule is CNC(=O)c1ccc(NC(=O)CCCCCCN)c(C)c1. The highest BCUT2D eigenvalue weighted by Gasteiger charge is 2.08. The fourth-order valence-corrected chi connectivity index (χ4v) is 2.09. The van der Waals surface area contributed by atoms with E-state index in [4.69, 9.17) is 5.73 Å². The van der Waals surface area contributed by atoms with Gasteiger partial charge in [0.25, 0.3) is 5.91 Å². The molecule has 0 aliphatic rings. The third-order valence-corrected chi connectivity index (χ3v) is 3.35. The average molecular weight is 291 g/mol. The van der Waals surface area contributed by atoms with Gasteiger partial charge < -0.3 is 16.4 Å². The molecule has 0 aromatic heterocycles. The lowest BCUT2D eigenvalue weighted by molar-refractivity contribution is -0.116. The van der Waals surface area contributed by atoms with E-state index in [0.29, 0.717) is 18.5 Å². The van der Waals surface area contributed by atoms with Gasteiger partial charge in [0.2, 0.25) is 5.91 Å². The van der Waals surface area contributed by atoms with E-state index in [0.717, 1.165) is 36.9 Å². The van der Waals surface area contributed by atoms with Crippen LogP contribution < -0.4 is 16.4 Å². The number of hydrogen-bond acceptors (Lipinski definition) is 3. The van der Waals surface area contributed by atoms with Gasteiger partial charge in [-0.2, -0.15) is 0 Å². The van der Waals surface area contributed by atoms with Gasteiger partial charge in [-0.1, -0.05) is 12.8 Å². The first-order chi connectivity index (χ1) is 10.1. The molecule has 0 aliphatic carbocycles. The standard InChI is InChI=1S/C16H25N3O2/c1-12-11-13(16(21)18-2)8-9-14(12)19-15(20)7-5-3-4-6-10-17/h8-9,11H,3-7,10,17H2,1-2H3,(H,18,21)(H,19,20). The number of unbranched alkanes of at least 4 members (excludes halogenated alkanes) is 3. The highest BCUT2D eigenvalue weighted by Crippen LogP contribution is 2.17. The fourth-order valence-electron chi connectivity index (χ4n) is 2.09. The Bertz CT molecular complexity index is 486. The minimum Gasteiger partial charge on any atom is -0.355 e. The summed E-state index contributed by atoms with van der Waals surface area (Å²) >= 11 is 0. The molecule has 4 N–H and O–H groups in total. The lowest BCUT2D eigenvalue weighted by Gasteiger charge is -2.10. The number of benzene rings is 1. The Balaban J connectivity index is 2.47. The molecule has 0 saturated heterocycles. The summed E-state index contributed by atoms with van der Waals surface area (Å²) in [4.78, 5) is 23.4. The van der Waals surface area contributed by atoms with Gasteiger partial charge in [0.05, 0.1) is 0 Å². The minimum absolute atomic E-state index is 0.0125. The molecule has 0 bridgehead atoms. The van der Waals surface area contributed by atoms with Crippen LogP contribution in [0.1, 0.15) is 48.0 Å². The lowest BCUT2D eigenvalue weighted by Crippen LogP contribution is -2.18. The molecule has 0 spiro atoms. The van der Waals surface area contributed by atoms with E-state index >= 15 is 0 Å². The van der Waals surface area contributed by atoms with Crippen molar-refractivity contribution < 1.29 is 9.59 Å². The molecule has 1 rings (SSSR count). The smallest absolute Gasteiger partial charge is 0.251 e. The zero-order chi connectivity index (χ0) is 15.7. The van der Waals surface area contributed by atoms with Crippen LogP contribution in [0.2, 0.25) is 0 Å². The van der Waals surface area contributed by atoms with Crippen LogP contribution in [-0.2, 0) is 4.79 Å². The number of nitrogens with two attached hydrogens (primary N) is 1. The summed E-state index contributed by atoms with van der Waals surface area (Å²) in [6.07, 6.45) is 4.51. The minimum atomic E-state index is -0.129. The second-order valence-electron chi connectivity index (χ2n) is 5.11. The summed E-state index contributed by atoms with van der Waals surface area (Å²) in [6, 6.07) is 5.25. The van der Waals surface area contributed by atoms with Crippen molar-refractivity contribution in [2.75, 3.05) is 18.9 Å². The molecule has 21 heavy (non-hydrogen) atoms. The Morgan fingerprint density at radius 3 is 2.48 bits per heavy atom. The first kappa shape index (κ1) is 17.2. The average Bonchev–Trinajstić information content (AvgIpc) is 2.48. The number of amides is 2. The summed E-state index contributed by atoms with van der Waals surface area (Å²) in [6.45, 7) is 2.59. The van der Waals surface area contributed by atoms with Crippen molar-refractivity contribution in [3.05, 3.63) is 29.3 Å². The van der Waals surface area contributed by atoms with Crippen molar-refractivity contribution in [1.82, 2.24) is 5.32 Å². The maximum Gasteiger partial charge on any atom is 0.251 e. The molecule has 0 fully saturated rings. The maximum atomic E-state index is 11.9. The number of hydrogen-bond donors (Lipinski definition) is 3. The van der Waals surface area contributed by atoms with Crippen LogP contribution in [0, 0.1) is 6.92 Å². The Kier molecular flexibility index (Phi) is 7.46. The molecule has 5 nitrogen and oxygen atoms in total. The maximum absolute atomic E-state index is 11.9. The second kappa shape index (κ2) is 9.13. The van der Waals surface area contributed by atoms with Crippen molar-refractivity contribution in [3.63, 3.8) is 0 Å². The second-order valence-corrected chi connectivity index (χ2v) is 5.11. The van der Waals surface area contributed by atoms with Gasteiger partial charge in [-0.25, -0.2) is 0 Å². The highest BCUT2D eigenvalue weighted by atomic mass is 16.2. The summed E-state index contributed by atoms with van der Waals surface area (Å²) < 4.78 is 0. The number of carbonyl (C=O) groups is 2. The van der Waals surface area contributed by atoms with E-state index in [2.05, 4.69) is 10.6 Å². The third kappa shape index (κ3) is 5.95. The first-order valence-corrected chi connectivity index (χ1v) is 7.41. The van der Waals surface area contributed by atoms with E-state index in [-0.39, 0.29) is 11.8 Å². The number of carbonyl (C=O) groups excluding carboxylic acids is 2. The third-order valence-electron chi connectivity index (χ3n) is 3.35. The normalized spacial score (nSPS) is 10.2. The molecule has 0 unspecified atom stereocenters. The molecular weight excluding hydrogens is 266 g/mol. The van der Waals surface area contributed by atoms with Gasteiger partial charge in [0, 0.05) is 24.7 Å². The molecular formula is C16H25N3O2. The van der Waals surface area contributed by atoms with Crippen LogP contribution in [0.5, 0.6) is 0 Å². The fraction of sp³-hybridized carbons (Fsp3) is 0.500. The highest BCUT2D eigenvalue weighted by molar-refractivity contribution is 5.96. The summed E-state index contributed by atoms with van der Waals surface area (Å²) in [5.74, 6) is -0.116. The molecule has 1 aromatic rings. The molecule has 1 aromatic carbocycles. The Hall–Kier alpha value is -1.88. The van der Waals surface area contributed by atoms with E-state index in [1.165, 1.54) is 0 Å². The van der Waals surface area contributed by atoms with Crippen LogP contribution in [0.3, 0.4) is 0 Å². The predicted octanol–water partition coefficient (Wildman–Crippen LogP) is 2.20. The van der Waals surface area contributed by atoms with Crippen LogP contribution >= 0.6 is 0 Å². The molecule has 0 saturated carbocycles. The van der Waals surface area contributed by atoms with Gasteiger partial charge in [-0.15, -0.1) is 0 Å². The van der Waals surface area contributed by atoms with Gasteiger partial charge in [-0.3, -0.25) is 9.59 Å². The number of aryl methyl sites for hydroxylation is 1. The molecule has 116 valence electrons. The summed E-state index contributed by atoms with van der Waals surface area (Å²) in [7, 11) is 1.60. The Morgan fingerprint density at radius 1 is 1.14 bits per heavy atom. The Morgan fingerprint density at radius 2 is 1.86 bits per heavy atom. The molecule has 5 heteroatoms. The van der Waals surface area contributed by atoms with E-state index in [1.807, 2.05) is 6.92 Å². The topological polar surface area (TPSA) is 84.2 Å². The van der Waals surface area contributed by atoms with Crippen LogP contribution in [-0.4, -0.2) is 25.4 Å². The quantitative estimate of drug-likeness (QED) is 0.642. The van der Waals surface area contributed by atoms with Gasteiger partial charge in [-0.05, 0) is 50.1 Å². The van der Waals surface area contributed by atoms with Crippen molar-refractivity contribution in [3.8, 4) is 0 Å². The number of nitrogens with one attached hydrogen (secondary N) is 2.